The molecule has 0 bridgehead atoms. The van der Waals surface area contributed by atoms with Gasteiger partial charge in [0, 0.05) is 44.3 Å². The Bertz CT molecular complexity index is 741. The SMILES string of the molecule is CCc1nccn1C1CCCN(C(=O)C2(n3cccn3)CCNCC2)C1.Cl.Cl. The number of aromatic nitrogens is 4. The Labute approximate surface area is 178 Å². The highest BCUT2D eigenvalue weighted by atomic mass is 35.5. The molecule has 1 atom stereocenters. The molecule has 1 unspecified atom stereocenters. The van der Waals surface area contributed by atoms with Gasteiger partial charge >= 0.3 is 0 Å². The molecule has 9 heteroatoms. The number of hydrogen-bond acceptors (Lipinski definition) is 4. The van der Waals surface area contributed by atoms with Gasteiger partial charge in [-0.05, 0) is 44.8 Å². The van der Waals surface area contributed by atoms with E-state index in [1.807, 2.05) is 23.1 Å². The number of carbonyl (C=O) groups is 1. The van der Waals surface area contributed by atoms with Gasteiger partial charge in [0.25, 0.3) is 5.91 Å². The van der Waals surface area contributed by atoms with Gasteiger partial charge in [0.05, 0.1) is 6.04 Å². The van der Waals surface area contributed by atoms with Gasteiger partial charge in [0.2, 0.25) is 0 Å². The number of likely N-dealkylation sites (tertiary alicyclic amines) is 1. The molecular formula is C19H30Cl2N6O. The number of carbonyl (C=O) groups excluding carboxylic acids is 1. The Morgan fingerprint density at radius 2 is 2.04 bits per heavy atom. The molecule has 0 aliphatic carbocycles. The number of aryl methyl sites for hydroxylation is 1. The molecule has 0 aromatic carbocycles. The van der Waals surface area contributed by atoms with Gasteiger partial charge in [-0.25, -0.2) is 4.98 Å². The molecule has 28 heavy (non-hydrogen) atoms. The Kier molecular flexibility index (Phi) is 7.92. The summed E-state index contributed by atoms with van der Waals surface area (Å²) in [6, 6.07) is 2.23. The number of nitrogens with one attached hydrogen (secondary N) is 1. The normalized spacial score (nSPS) is 21.5. The van der Waals surface area contributed by atoms with Crippen molar-refractivity contribution in [2.24, 2.45) is 0 Å². The topological polar surface area (TPSA) is 68.0 Å². The summed E-state index contributed by atoms with van der Waals surface area (Å²) in [7, 11) is 0. The van der Waals surface area contributed by atoms with Crippen LogP contribution in [-0.2, 0) is 16.8 Å². The predicted molar refractivity (Wildman–Crippen MR) is 113 cm³/mol. The van der Waals surface area contributed by atoms with Gasteiger partial charge in [-0.2, -0.15) is 5.10 Å². The molecule has 0 radical (unpaired) electrons. The van der Waals surface area contributed by atoms with E-state index in [0.717, 1.165) is 64.1 Å². The second-order valence-electron chi connectivity index (χ2n) is 7.38. The lowest BCUT2D eigenvalue weighted by molar-refractivity contribution is -0.145. The van der Waals surface area contributed by atoms with Crippen molar-refractivity contribution in [3.63, 3.8) is 0 Å². The summed E-state index contributed by atoms with van der Waals surface area (Å²) in [5.74, 6) is 1.33. The third-order valence-electron chi connectivity index (χ3n) is 5.91. The van der Waals surface area contributed by atoms with E-state index < -0.39 is 5.54 Å². The van der Waals surface area contributed by atoms with Crippen LogP contribution in [0.1, 0.15) is 44.5 Å². The van der Waals surface area contributed by atoms with E-state index in [1.54, 1.807) is 6.20 Å². The maximum Gasteiger partial charge on any atom is 0.250 e. The summed E-state index contributed by atoms with van der Waals surface area (Å²) in [4.78, 5) is 20.2. The molecule has 2 aliphatic rings. The minimum Gasteiger partial charge on any atom is -0.339 e. The van der Waals surface area contributed by atoms with E-state index in [4.69, 9.17) is 0 Å². The smallest absolute Gasteiger partial charge is 0.250 e. The first-order chi connectivity index (χ1) is 12.7. The lowest BCUT2D eigenvalue weighted by Crippen LogP contribution is -2.57. The molecule has 0 spiro atoms. The number of halogens is 2. The summed E-state index contributed by atoms with van der Waals surface area (Å²) >= 11 is 0. The molecule has 1 amide bonds. The van der Waals surface area contributed by atoms with E-state index in [-0.39, 0.29) is 30.7 Å². The van der Waals surface area contributed by atoms with Crippen molar-refractivity contribution in [1.82, 2.24) is 29.5 Å². The second-order valence-corrected chi connectivity index (χ2v) is 7.38. The Morgan fingerprint density at radius 1 is 1.25 bits per heavy atom. The maximum atomic E-state index is 13.7. The number of rotatable bonds is 4. The van der Waals surface area contributed by atoms with E-state index in [9.17, 15) is 4.79 Å². The van der Waals surface area contributed by atoms with Crippen LogP contribution >= 0.6 is 24.8 Å². The summed E-state index contributed by atoms with van der Waals surface area (Å²) in [6.45, 7) is 5.43. The van der Waals surface area contributed by atoms with E-state index in [1.165, 1.54) is 0 Å². The maximum absolute atomic E-state index is 13.7. The molecule has 4 heterocycles. The lowest BCUT2D eigenvalue weighted by Gasteiger charge is -2.43. The molecule has 2 fully saturated rings. The van der Waals surface area contributed by atoms with Crippen LogP contribution in [0.3, 0.4) is 0 Å². The Hall–Kier alpha value is -1.57. The van der Waals surface area contributed by atoms with Crippen molar-refractivity contribution >= 4 is 30.7 Å². The van der Waals surface area contributed by atoms with E-state index >= 15 is 0 Å². The first-order valence-electron chi connectivity index (χ1n) is 9.76. The quantitative estimate of drug-likeness (QED) is 0.811. The first-order valence-corrected chi connectivity index (χ1v) is 9.76. The Balaban J connectivity index is 0.00000140. The van der Waals surface area contributed by atoms with Gasteiger partial charge in [-0.3, -0.25) is 9.48 Å². The largest absolute Gasteiger partial charge is 0.339 e. The third-order valence-corrected chi connectivity index (χ3v) is 5.91. The van der Waals surface area contributed by atoms with E-state index in [0.29, 0.717) is 6.04 Å². The molecule has 0 saturated carbocycles. The zero-order valence-electron chi connectivity index (χ0n) is 16.3. The van der Waals surface area contributed by atoms with Crippen molar-refractivity contribution in [2.45, 2.75) is 50.6 Å². The number of nitrogens with zero attached hydrogens (tertiary/aromatic N) is 5. The molecule has 1 N–H and O–H groups in total. The molecule has 4 rings (SSSR count). The highest BCUT2D eigenvalue weighted by Gasteiger charge is 2.45. The van der Waals surface area contributed by atoms with Crippen molar-refractivity contribution in [1.29, 1.82) is 0 Å². The summed E-state index contributed by atoms with van der Waals surface area (Å²) < 4.78 is 4.16. The molecule has 2 aromatic heterocycles. The number of hydrogen-bond donors (Lipinski definition) is 1. The number of amides is 1. The zero-order valence-corrected chi connectivity index (χ0v) is 17.9. The fourth-order valence-electron chi connectivity index (χ4n) is 4.51. The van der Waals surface area contributed by atoms with E-state index in [2.05, 4.69) is 38.0 Å². The first kappa shape index (κ1) is 22.7. The van der Waals surface area contributed by atoms with Crippen LogP contribution < -0.4 is 5.32 Å². The van der Waals surface area contributed by atoms with Crippen molar-refractivity contribution in [3.8, 4) is 0 Å². The van der Waals surface area contributed by atoms with Gasteiger partial charge in [0.15, 0.2) is 0 Å². The zero-order chi connectivity index (χ0) is 18.0. The average Bonchev–Trinajstić information content (AvgIpc) is 3.40. The van der Waals surface area contributed by atoms with Crippen molar-refractivity contribution in [2.75, 3.05) is 26.2 Å². The van der Waals surface area contributed by atoms with Gasteiger partial charge in [-0.1, -0.05) is 6.92 Å². The van der Waals surface area contributed by atoms with Gasteiger partial charge < -0.3 is 14.8 Å². The van der Waals surface area contributed by atoms with Crippen molar-refractivity contribution in [3.05, 3.63) is 36.7 Å². The summed E-state index contributed by atoms with van der Waals surface area (Å²) in [5, 5.41) is 7.83. The molecule has 2 saturated heterocycles. The molecule has 2 aromatic rings. The van der Waals surface area contributed by atoms with Gasteiger partial charge in [-0.15, -0.1) is 24.8 Å². The van der Waals surface area contributed by atoms with Crippen LogP contribution in [0, 0.1) is 0 Å². The summed E-state index contributed by atoms with van der Waals surface area (Å²) in [5.41, 5.74) is -0.542. The average molecular weight is 429 g/mol. The summed E-state index contributed by atoms with van der Waals surface area (Å²) in [6.07, 6.45) is 12.3. The molecular weight excluding hydrogens is 399 g/mol. The third kappa shape index (κ3) is 4.07. The molecule has 7 nitrogen and oxygen atoms in total. The minimum absolute atomic E-state index is 0. The fourth-order valence-corrected chi connectivity index (χ4v) is 4.51. The van der Waals surface area contributed by atoms with Crippen LogP contribution in [0.15, 0.2) is 30.9 Å². The molecule has 156 valence electrons. The number of piperidine rings is 2. The number of imidazole rings is 1. The van der Waals surface area contributed by atoms with Crippen LogP contribution in [0.25, 0.3) is 0 Å². The van der Waals surface area contributed by atoms with Crippen molar-refractivity contribution < 1.29 is 4.79 Å². The highest BCUT2D eigenvalue weighted by Crippen LogP contribution is 2.32. The van der Waals surface area contributed by atoms with Crippen LogP contribution in [-0.4, -0.2) is 56.3 Å². The predicted octanol–water partition coefficient (Wildman–Crippen LogP) is 2.43. The standard InChI is InChI=1S/C19H28N6O.2ClH/c1-2-17-21-11-14-24(17)16-5-3-12-23(15-16)18(26)19(6-9-20-10-7-19)25-13-4-8-22-25;;/h4,8,11,13-14,16,20H,2-3,5-7,9-10,12,15H2,1H3;2*1H. The second kappa shape index (κ2) is 9.76. The Morgan fingerprint density at radius 3 is 2.71 bits per heavy atom. The lowest BCUT2D eigenvalue weighted by atomic mass is 9.86. The van der Waals surface area contributed by atoms with Crippen LogP contribution in [0.4, 0.5) is 0 Å². The monoisotopic (exact) mass is 428 g/mol. The van der Waals surface area contributed by atoms with Gasteiger partial charge in [0.1, 0.15) is 11.4 Å². The van der Waals surface area contributed by atoms with Crippen LogP contribution in [0.5, 0.6) is 0 Å². The van der Waals surface area contributed by atoms with Crippen LogP contribution in [0.2, 0.25) is 0 Å². The fraction of sp³-hybridized carbons (Fsp3) is 0.632. The minimum atomic E-state index is -0.542. The highest BCUT2D eigenvalue weighted by molar-refractivity contribution is 5.86. The molecule has 2 aliphatic heterocycles.